The van der Waals surface area contributed by atoms with E-state index in [1.807, 2.05) is 13.8 Å². The zero-order valence-electron chi connectivity index (χ0n) is 12.1. The topological polar surface area (TPSA) is 32.3 Å². The highest BCUT2D eigenvalue weighted by Crippen LogP contribution is 2.29. The Morgan fingerprint density at radius 1 is 1.29 bits per heavy atom. The highest BCUT2D eigenvalue weighted by Gasteiger charge is 2.31. The normalized spacial score (nSPS) is 23.2. The van der Waals surface area contributed by atoms with Gasteiger partial charge in [-0.15, -0.1) is 0 Å². The number of benzene rings is 1. The number of halogens is 3. The second kappa shape index (κ2) is 6.05. The lowest BCUT2D eigenvalue weighted by Crippen LogP contribution is -2.56. The van der Waals surface area contributed by atoms with Crippen LogP contribution in [0.2, 0.25) is 0 Å². The quantitative estimate of drug-likeness (QED) is 0.910. The highest BCUT2D eigenvalue weighted by atomic mass is 19.4. The van der Waals surface area contributed by atoms with E-state index in [0.717, 1.165) is 12.1 Å². The molecule has 0 spiro atoms. The van der Waals surface area contributed by atoms with Crippen molar-refractivity contribution in [2.45, 2.75) is 38.5 Å². The largest absolute Gasteiger partial charge is 0.416 e. The van der Waals surface area contributed by atoms with Crippen LogP contribution in [0.3, 0.4) is 0 Å². The monoisotopic (exact) mass is 300 g/mol. The molecule has 0 radical (unpaired) electrons. The van der Waals surface area contributed by atoms with Crippen molar-refractivity contribution in [1.29, 1.82) is 0 Å². The second-order valence-corrected chi connectivity index (χ2v) is 5.64. The Hall–Kier alpha value is -1.56. The molecule has 1 fully saturated rings. The number of carbonyl (C=O) groups is 1. The fraction of sp³-hybridized carbons (Fsp3) is 0.533. The van der Waals surface area contributed by atoms with Crippen molar-refractivity contribution in [3.8, 4) is 0 Å². The Bertz CT molecular complexity index is 506. The minimum absolute atomic E-state index is 0.00333. The lowest BCUT2D eigenvalue weighted by atomic mass is 10.1. The molecular weight excluding hydrogens is 281 g/mol. The third kappa shape index (κ3) is 4.20. The van der Waals surface area contributed by atoms with Gasteiger partial charge in [0.05, 0.1) is 12.0 Å². The van der Waals surface area contributed by atoms with Crippen molar-refractivity contribution >= 4 is 5.91 Å². The molecule has 1 heterocycles. The maximum absolute atomic E-state index is 12.7. The Labute approximate surface area is 122 Å². The van der Waals surface area contributed by atoms with E-state index in [4.69, 9.17) is 0 Å². The van der Waals surface area contributed by atoms with Crippen molar-refractivity contribution in [2.24, 2.45) is 0 Å². The van der Waals surface area contributed by atoms with Gasteiger partial charge >= 0.3 is 6.18 Å². The van der Waals surface area contributed by atoms with E-state index in [2.05, 4.69) is 5.32 Å². The van der Waals surface area contributed by atoms with Gasteiger partial charge in [-0.1, -0.05) is 18.2 Å². The van der Waals surface area contributed by atoms with Crippen molar-refractivity contribution < 1.29 is 18.0 Å². The number of rotatable bonds is 2. The molecule has 1 amide bonds. The number of alkyl halides is 3. The summed E-state index contributed by atoms with van der Waals surface area (Å²) < 4.78 is 38.0. The van der Waals surface area contributed by atoms with Gasteiger partial charge in [0.2, 0.25) is 5.91 Å². The van der Waals surface area contributed by atoms with Gasteiger partial charge in [-0.2, -0.15) is 13.2 Å². The first-order valence-corrected chi connectivity index (χ1v) is 6.95. The molecule has 2 atom stereocenters. The molecule has 2 rings (SSSR count). The smallest absolute Gasteiger partial charge is 0.339 e. The molecule has 116 valence electrons. The summed E-state index contributed by atoms with van der Waals surface area (Å²) in [5, 5.41) is 3.31. The molecule has 21 heavy (non-hydrogen) atoms. The SMILES string of the molecule is C[C@H]1CN(C(=O)Cc2cccc(C(F)(F)F)c2)C[C@H](C)N1. The molecule has 1 aliphatic rings. The summed E-state index contributed by atoms with van der Waals surface area (Å²) in [5.41, 5.74) is -0.316. The van der Waals surface area contributed by atoms with E-state index in [9.17, 15) is 18.0 Å². The summed E-state index contributed by atoms with van der Waals surface area (Å²) in [6.45, 7) is 5.14. The highest BCUT2D eigenvalue weighted by molar-refractivity contribution is 5.79. The fourth-order valence-corrected chi connectivity index (χ4v) is 2.67. The van der Waals surface area contributed by atoms with Gasteiger partial charge < -0.3 is 10.2 Å². The summed E-state index contributed by atoms with van der Waals surface area (Å²) in [7, 11) is 0. The van der Waals surface area contributed by atoms with Crippen molar-refractivity contribution in [3.63, 3.8) is 0 Å². The number of hydrogen-bond acceptors (Lipinski definition) is 2. The van der Waals surface area contributed by atoms with Crippen LogP contribution in [0.15, 0.2) is 24.3 Å². The minimum atomic E-state index is -4.38. The first kappa shape index (κ1) is 15.8. The van der Waals surface area contributed by atoms with Crippen LogP contribution >= 0.6 is 0 Å². The molecule has 3 nitrogen and oxygen atoms in total. The average molecular weight is 300 g/mol. The van der Waals surface area contributed by atoms with Gasteiger partial charge in [-0.25, -0.2) is 0 Å². The van der Waals surface area contributed by atoms with Gasteiger partial charge in [-0.05, 0) is 25.5 Å². The minimum Gasteiger partial charge on any atom is -0.339 e. The van der Waals surface area contributed by atoms with Crippen LogP contribution in [-0.4, -0.2) is 36.0 Å². The molecule has 1 aliphatic heterocycles. The predicted molar refractivity (Wildman–Crippen MR) is 73.8 cm³/mol. The van der Waals surface area contributed by atoms with Crippen LogP contribution in [0.4, 0.5) is 13.2 Å². The maximum Gasteiger partial charge on any atom is 0.416 e. The summed E-state index contributed by atoms with van der Waals surface area (Å²) in [4.78, 5) is 14.0. The molecule has 6 heteroatoms. The number of piperazine rings is 1. The molecule has 1 saturated heterocycles. The lowest BCUT2D eigenvalue weighted by Gasteiger charge is -2.36. The molecule has 1 N–H and O–H groups in total. The van der Waals surface area contributed by atoms with E-state index in [1.54, 1.807) is 11.0 Å². The average Bonchev–Trinajstić information content (AvgIpc) is 2.37. The zero-order valence-corrected chi connectivity index (χ0v) is 12.1. The second-order valence-electron chi connectivity index (χ2n) is 5.64. The molecule has 1 aromatic carbocycles. The third-order valence-corrected chi connectivity index (χ3v) is 3.52. The van der Waals surface area contributed by atoms with Gasteiger partial charge in [0.25, 0.3) is 0 Å². The first-order chi connectivity index (χ1) is 9.75. The maximum atomic E-state index is 12.7. The molecule has 0 saturated carbocycles. The first-order valence-electron chi connectivity index (χ1n) is 6.95. The number of hydrogen-bond donors (Lipinski definition) is 1. The van der Waals surface area contributed by atoms with E-state index >= 15 is 0 Å². The molecular formula is C15H19F3N2O. The van der Waals surface area contributed by atoms with Crippen LogP contribution in [0.25, 0.3) is 0 Å². The van der Waals surface area contributed by atoms with E-state index in [-0.39, 0.29) is 24.4 Å². The summed E-state index contributed by atoms with van der Waals surface area (Å²) >= 11 is 0. The van der Waals surface area contributed by atoms with E-state index < -0.39 is 11.7 Å². The van der Waals surface area contributed by atoms with Crippen molar-refractivity contribution in [3.05, 3.63) is 35.4 Å². The summed E-state index contributed by atoms with van der Waals surface area (Å²) in [5.74, 6) is -0.130. The van der Waals surface area contributed by atoms with Crippen LogP contribution in [-0.2, 0) is 17.4 Å². The molecule has 0 aromatic heterocycles. The van der Waals surface area contributed by atoms with Gasteiger partial charge in [0, 0.05) is 25.2 Å². The fourth-order valence-electron chi connectivity index (χ4n) is 2.67. The Kier molecular flexibility index (Phi) is 4.56. The van der Waals surface area contributed by atoms with Crippen LogP contribution < -0.4 is 5.32 Å². The summed E-state index contributed by atoms with van der Waals surface area (Å²) in [6.07, 6.45) is -4.37. The lowest BCUT2D eigenvalue weighted by molar-refractivity contribution is -0.138. The Balaban J connectivity index is 2.06. The number of amides is 1. The van der Waals surface area contributed by atoms with E-state index in [1.165, 1.54) is 6.07 Å². The molecule has 0 aliphatic carbocycles. The Morgan fingerprint density at radius 3 is 2.48 bits per heavy atom. The zero-order chi connectivity index (χ0) is 15.6. The van der Waals surface area contributed by atoms with Crippen molar-refractivity contribution in [1.82, 2.24) is 10.2 Å². The summed E-state index contributed by atoms with van der Waals surface area (Å²) in [6, 6.07) is 5.35. The number of nitrogens with zero attached hydrogens (tertiary/aromatic N) is 1. The predicted octanol–water partition coefficient (Wildman–Crippen LogP) is 2.46. The van der Waals surface area contributed by atoms with E-state index in [0.29, 0.717) is 18.7 Å². The number of nitrogens with one attached hydrogen (secondary N) is 1. The van der Waals surface area contributed by atoms with Crippen molar-refractivity contribution in [2.75, 3.05) is 13.1 Å². The van der Waals surface area contributed by atoms with Gasteiger partial charge in [0.15, 0.2) is 0 Å². The molecule has 0 unspecified atom stereocenters. The molecule has 1 aromatic rings. The molecule has 0 bridgehead atoms. The number of carbonyl (C=O) groups excluding carboxylic acids is 1. The standard InChI is InChI=1S/C15H19F3N2O/c1-10-8-20(9-11(2)19-10)14(21)7-12-4-3-5-13(6-12)15(16,17)18/h3-6,10-11,19H,7-9H2,1-2H3/t10-,11-/m0/s1. The third-order valence-electron chi connectivity index (χ3n) is 3.52. The van der Waals surface area contributed by atoms with Crippen LogP contribution in [0, 0.1) is 0 Å². The van der Waals surface area contributed by atoms with Gasteiger partial charge in [0.1, 0.15) is 0 Å². The van der Waals surface area contributed by atoms with Crippen LogP contribution in [0.1, 0.15) is 25.0 Å². The van der Waals surface area contributed by atoms with Gasteiger partial charge in [-0.3, -0.25) is 4.79 Å². The van der Waals surface area contributed by atoms with Crippen LogP contribution in [0.5, 0.6) is 0 Å². The Morgan fingerprint density at radius 2 is 1.90 bits per heavy atom.